The Bertz CT molecular complexity index is 69.0. The van der Waals surface area contributed by atoms with Crippen LogP contribution < -0.4 is 0 Å². The Kier molecular flexibility index (Phi) is 3.87. The number of rotatable bonds is 3. The van der Waals surface area contributed by atoms with Gasteiger partial charge in [-0.2, -0.15) is 0 Å². The third-order valence-corrected chi connectivity index (χ3v) is 2.08. The Morgan fingerprint density at radius 3 is 1.78 bits per heavy atom. The summed E-state index contributed by atoms with van der Waals surface area (Å²) in [5.41, 5.74) is 0. The second kappa shape index (κ2) is 3.89. The van der Waals surface area contributed by atoms with E-state index in [0.29, 0.717) is 11.8 Å². The molecule has 0 aromatic rings. The predicted molar refractivity (Wildman–Crippen MR) is 40.3 cm³/mol. The highest BCUT2D eigenvalue weighted by molar-refractivity contribution is 4.64. The lowest BCUT2D eigenvalue weighted by Crippen LogP contribution is -2.20. The molecule has 0 aliphatic heterocycles. The summed E-state index contributed by atoms with van der Waals surface area (Å²) >= 11 is 0. The Balaban J connectivity index is 3.58. The molecular weight excluding hydrogens is 112 g/mol. The van der Waals surface area contributed by atoms with Crippen LogP contribution in [0.25, 0.3) is 0 Å². The molecule has 0 rings (SSSR count). The molecule has 1 nitrogen and oxygen atoms in total. The van der Waals surface area contributed by atoms with Crippen molar-refractivity contribution in [3.8, 4) is 0 Å². The van der Waals surface area contributed by atoms with Crippen LogP contribution in [0.2, 0.25) is 0 Å². The van der Waals surface area contributed by atoms with Crippen molar-refractivity contribution < 1.29 is 5.11 Å². The number of aliphatic hydroxyl groups excluding tert-OH is 1. The summed E-state index contributed by atoms with van der Waals surface area (Å²) in [4.78, 5) is 0. The zero-order valence-corrected chi connectivity index (χ0v) is 6.89. The van der Waals surface area contributed by atoms with Crippen LogP contribution in [0.5, 0.6) is 0 Å². The molecule has 0 fully saturated rings. The van der Waals surface area contributed by atoms with Gasteiger partial charge in [-0.25, -0.2) is 0 Å². The van der Waals surface area contributed by atoms with Crippen molar-refractivity contribution in [1.29, 1.82) is 0 Å². The van der Waals surface area contributed by atoms with Gasteiger partial charge in [0.25, 0.3) is 0 Å². The molecule has 56 valence electrons. The van der Waals surface area contributed by atoms with Gasteiger partial charge >= 0.3 is 0 Å². The summed E-state index contributed by atoms with van der Waals surface area (Å²) in [6, 6.07) is 0. The van der Waals surface area contributed by atoms with E-state index in [1.807, 2.05) is 6.92 Å². The first kappa shape index (κ1) is 8.96. The third-order valence-electron chi connectivity index (χ3n) is 2.08. The van der Waals surface area contributed by atoms with Crippen molar-refractivity contribution in [2.24, 2.45) is 11.8 Å². The van der Waals surface area contributed by atoms with E-state index in [1.54, 1.807) is 0 Å². The van der Waals surface area contributed by atoms with Crippen LogP contribution in [0.15, 0.2) is 0 Å². The number of aliphatic hydroxyl groups is 1. The fourth-order valence-corrected chi connectivity index (χ4v) is 0.816. The maximum Gasteiger partial charge on any atom is 0.0565 e. The van der Waals surface area contributed by atoms with Gasteiger partial charge in [0.2, 0.25) is 0 Å². The quantitative estimate of drug-likeness (QED) is 0.620. The number of hydrogen-bond donors (Lipinski definition) is 1. The average Bonchev–Trinajstić information content (AvgIpc) is 1.84. The first-order chi connectivity index (χ1) is 4.09. The van der Waals surface area contributed by atoms with E-state index >= 15 is 0 Å². The summed E-state index contributed by atoms with van der Waals surface area (Å²) in [5.74, 6) is 1.04. The fourth-order valence-electron chi connectivity index (χ4n) is 0.816. The summed E-state index contributed by atoms with van der Waals surface area (Å²) in [6.45, 7) is 8.40. The lowest BCUT2D eigenvalue weighted by Gasteiger charge is -2.20. The van der Waals surface area contributed by atoms with Gasteiger partial charge in [0.05, 0.1) is 6.10 Å². The zero-order valence-electron chi connectivity index (χ0n) is 6.89. The molecule has 0 aliphatic rings. The minimum atomic E-state index is -0.106. The van der Waals surface area contributed by atoms with Gasteiger partial charge in [0, 0.05) is 0 Å². The van der Waals surface area contributed by atoms with E-state index in [4.69, 9.17) is 0 Å². The van der Waals surface area contributed by atoms with Crippen molar-refractivity contribution in [2.45, 2.75) is 40.2 Å². The average molecular weight is 130 g/mol. The molecule has 2 atom stereocenters. The molecule has 0 amide bonds. The lowest BCUT2D eigenvalue weighted by atomic mass is 9.91. The molecule has 0 aromatic heterocycles. The molecule has 0 unspecified atom stereocenters. The van der Waals surface area contributed by atoms with E-state index in [0.717, 1.165) is 6.42 Å². The Hall–Kier alpha value is -0.0400. The molecule has 9 heavy (non-hydrogen) atoms. The molecular formula is C8H18O. The normalized spacial score (nSPS) is 18.0. The van der Waals surface area contributed by atoms with E-state index in [9.17, 15) is 5.11 Å². The highest BCUT2D eigenvalue weighted by Gasteiger charge is 2.14. The first-order valence-electron chi connectivity index (χ1n) is 3.77. The largest absolute Gasteiger partial charge is 0.393 e. The number of hydrogen-bond acceptors (Lipinski definition) is 1. The minimum Gasteiger partial charge on any atom is -0.393 e. The van der Waals surface area contributed by atoms with Crippen molar-refractivity contribution in [3.63, 3.8) is 0 Å². The smallest absolute Gasteiger partial charge is 0.0565 e. The van der Waals surface area contributed by atoms with E-state index in [2.05, 4.69) is 20.8 Å². The second-order valence-corrected chi connectivity index (χ2v) is 3.08. The van der Waals surface area contributed by atoms with Crippen molar-refractivity contribution in [2.75, 3.05) is 0 Å². The summed E-state index contributed by atoms with van der Waals surface area (Å²) in [5, 5.41) is 9.30. The summed E-state index contributed by atoms with van der Waals surface area (Å²) in [6.07, 6.45) is 0.768. The molecule has 1 N–H and O–H groups in total. The van der Waals surface area contributed by atoms with Crippen LogP contribution >= 0.6 is 0 Å². The molecule has 0 radical (unpaired) electrons. The molecule has 1 heteroatoms. The van der Waals surface area contributed by atoms with Gasteiger partial charge in [0.1, 0.15) is 0 Å². The van der Waals surface area contributed by atoms with Crippen molar-refractivity contribution in [1.82, 2.24) is 0 Å². The fraction of sp³-hybridized carbons (Fsp3) is 1.00. The topological polar surface area (TPSA) is 20.2 Å². The Morgan fingerprint density at radius 2 is 1.67 bits per heavy atom. The van der Waals surface area contributed by atoms with Crippen LogP contribution in [-0.2, 0) is 0 Å². The van der Waals surface area contributed by atoms with Crippen LogP contribution in [0.1, 0.15) is 34.1 Å². The molecule has 0 spiro atoms. The summed E-state index contributed by atoms with van der Waals surface area (Å²) in [7, 11) is 0. The van der Waals surface area contributed by atoms with Crippen LogP contribution in [0.3, 0.4) is 0 Å². The van der Waals surface area contributed by atoms with Gasteiger partial charge in [-0.15, -0.1) is 0 Å². The predicted octanol–water partition coefficient (Wildman–Crippen LogP) is 2.05. The highest BCUT2D eigenvalue weighted by atomic mass is 16.3. The molecule has 0 aliphatic carbocycles. The zero-order chi connectivity index (χ0) is 7.44. The highest BCUT2D eigenvalue weighted by Crippen LogP contribution is 2.15. The maximum absolute atomic E-state index is 9.30. The molecule has 0 bridgehead atoms. The monoisotopic (exact) mass is 130 g/mol. The van der Waals surface area contributed by atoms with Gasteiger partial charge < -0.3 is 5.11 Å². The molecule has 0 saturated heterocycles. The maximum atomic E-state index is 9.30. The van der Waals surface area contributed by atoms with Crippen molar-refractivity contribution in [3.05, 3.63) is 0 Å². The van der Waals surface area contributed by atoms with Gasteiger partial charge in [-0.1, -0.05) is 27.7 Å². The van der Waals surface area contributed by atoms with Crippen LogP contribution in [-0.4, -0.2) is 11.2 Å². The molecule has 0 heterocycles. The third kappa shape index (κ3) is 2.85. The van der Waals surface area contributed by atoms with Gasteiger partial charge in [0.15, 0.2) is 0 Å². The second-order valence-electron chi connectivity index (χ2n) is 3.08. The van der Waals surface area contributed by atoms with E-state index < -0.39 is 0 Å². The minimum absolute atomic E-state index is 0.106. The Labute approximate surface area is 58.1 Å². The van der Waals surface area contributed by atoms with Gasteiger partial charge in [-0.3, -0.25) is 0 Å². The molecule has 0 saturated carbocycles. The standard InChI is InChI=1S/C8H18O/c1-5-8(9)7(4)6(2)3/h6-9H,5H2,1-4H3/t7-,8+/m1/s1. The lowest BCUT2D eigenvalue weighted by molar-refractivity contribution is 0.0884. The Morgan fingerprint density at radius 1 is 1.22 bits per heavy atom. The SMILES string of the molecule is CC[C@H](O)[C@H](C)C(C)C. The molecule has 0 aromatic carbocycles. The van der Waals surface area contributed by atoms with Crippen LogP contribution in [0, 0.1) is 11.8 Å². The van der Waals surface area contributed by atoms with E-state index in [-0.39, 0.29) is 6.10 Å². The van der Waals surface area contributed by atoms with Crippen LogP contribution in [0.4, 0.5) is 0 Å². The first-order valence-corrected chi connectivity index (χ1v) is 3.77. The van der Waals surface area contributed by atoms with Crippen molar-refractivity contribution >= 4 is 0 Å². The van der Waals surface area contributed by atoms with Gasteiger partial charge in [-0.05, 0) is 18.3 Å². The van der Waals surface area contributed by atoms with E-state index in [1.165, 1.54) is 0 Å². The summed E-state index contributed by atoms with van der Waals surface area (Å²) < 4.78 is 0.